The molecule has 14 N–H and O–H groups in total. The van der Waals surface area contributed by atoms with Crippen molar-refractivity contribution < 1.29 is 73.9 Å². The van der Waals surface area contributed by atoms with E-state index in [2.05, 4.69) is 5.32 Å². The number of nitrogens with two attached hydrogens (primary N) is 3. The molecule has 2 fully saturated rings. The van der Waals surface area contributed by atoms with Crippen LogP contribution in [0, 0.1) is 5.92 Å². The average molecular weight is 682 g/mol. The number of carboxylic acid groups (broad SMARTS) is 1. The summed E-state index contributed by atoms with van der Waals surface area (Å²) >= 11 is 0. The largest absolute Gasteiger partial charge is 0.481 e. The average Bonchev–Trinajstić information content (AvgIpc) is 2.98. The van der Waals surface area contributed by atoms with Crippen molar-refractivity contribution in [3.63, 3.8) is 0 Å². The van der Waals surface area contributed by atoms with E-state index in [9.17, 15) is 59.7 Å². The van der Waals surface area contributed by atoms with E-state index >= 15 is 0 Å². The number of carboxylic acids is 1. The number of aliphatic hydroxyl groups excluding tert-OH is 6. The smallest absolute Gasteiger partial charge is 0.309 e. The van der Waals surface area contributed by atoms with E-state index in [0.717, 1.165) is 18.7 Å². The summed E-state index contributed by atoms with van der Waals surface area (Å²) in [5, 5.41) is 74.2. The van der Waals surface area contributed by atoms with Gasteiger partial charge in [0.25, 0.3) is 0 Å². The first-order valence-corrected chi connectivity index (χ1v) is 14.8. The zero-order valence-corrected chi connectivity index (χ0v) is 26.4. The van der Waals surface area contributed by atoms with E-state index < -0.39 is 140 Å². The van der Waals surface area contributed by atoms with Crippen molar-refractivity contribution in [2.24, 2.45) is 23.1 Å². The lowest BCUT2D eigenvalue weighted by molar-refractivity contribution is -0.268. The van der Waals surface area contributed by atoms with Gasteiger partial charge in [0.15, 0.2) is 12.1 Å². The van der Waals surface area contributed by atoms with Crippen LogP contribution in [0.15, 0.2) is 0 Å². The summed E-state index contributed by atoms with van der Waals surface area (Å²) in [7, 11) is 0. The van der Waals surface area contributed by atoms with Gasteiger partial charge in [-0.05, 0) is 27.2 Å². The van der Waals surface area contributed by atoms with Crippen LogP contribution in [0.3, 0.4) is 0 Å². The molecule has 0 aromatic carbocycles. The summed E-state index contributed by atoms with van der Waals surface area (Å²) in [6, 6.07) is -4.46. The number of primary amides is 1. The fourth-order valence-corrected chi connectivity index (χ4v) is 5.87. The van der Waals surface area contributed by atoms with Gasteiger partial charge in [0.05, 0.1) is 37.4 Å². The van der Waals surface area contributed by atoms with Crippen LogP contribution in [0.25, 0.3) is 0 Å². The molecule has 20 heteroatoms. The highest BCUT2D eigenvalue weighted by Crippen LogP contribution is 2.36. The van der Waals surface area contributed by atoms with E-state index in [4.69, 9.17) is 31.4 Å². The van der Waals surface area contributed by atoms with E-state index in [1.54, 1.807) is 0 Å². The number of Topliss-reactive ketones (excluding diaryl/α,β-unsaturated/α-hetero) is 1. The molecule has 0 spiro atoms. The zero-order chi connectivity index (χ0) is 36.1. The molecule has 47 heavy (non-hydrogen) atoms. The maximum absolute atomic E-state index is 13.4. The molecule has 14 atom stereocenters. The number of ether oxygens (including phenoxy) is 3. The Bertz CT molecular complexity index is 1150. The van der Waals surface area contributed by atoms with E-state index in [1.165, 1.54) is 13.8 Å². The van der Waals surface area contributed by atoms with E-state index in [-0.39, 0.29) is 0 Å². The zero-order valence-electron chi connectivity index (χ0n) is 26.4. The second-order valence-corrected chi connectivity index (χ2v) is 12.0. The number of rotatable bonds is 15. The number of aliphatic hydroxyl groups is 6. The van der Waals surface area contributed by atoms with Crippen LogP contribution >= 0.6 is 0 Å². The van der Waals surface area contributed by atoms with Crippen molar-refractivity contribution in [2.75, 3.05) is 19.8 Å². The number of carbonyl (C=O) groups is 5. The van der Waals surface area contributed by atoms with Crippen molar-refractivity contribution in [3.8, 4) is 0 Å². The third-order valence-corrected chi connectivity index (χ3v) is 8.40. The number of aliphatic carboxylic acids is 1. The third-order valence-electron chi connectivity index (χ3n) is 8.40. The molecule has 0 aromatic rings. The normalized spacial score (nSPS) is 35.2. The van der Waals surface area contributed by atoms with Crippen molar-refractivity contribution >= 4 is 29.5 Å². The lowest BCUT2D eigenvalue weighted by atomic mass is 9.71. The minimum atomic E-state index is -2.55. The van der Waals surface area contributed by atoms with E-state index in [0.29, 0.717) is 0 Å². The minimum Gasteiger partial charge on any atom is -0.481 e. The van der Waals surface area contributed by atoms with Gasteiger partial charge in [-0.25, -0.2) is 0 Å². The molecule has 0 radical (unpaired) electrons. The van der Waals surface area contributed by atoms with Crippen LogP contribution in [-0.2, 0) is 38.2 Å². The molecule has 2 heterocycles. The Balaban J connectivity index is 2.51. The summed E-state index contributed by atoms with van der Waals surface area (Å²) in [6.45, 7) is 2.46. The molecule has 2 aliphatic rings. The monoisotopic (exact) mass is 681 g/mol. The molecular formula is C27H47N5O15. The Morgan fingerprint density at radius 2 is 1.53 bits per heavy atom. The van der Waals surface area contributed by atoms with Gasteiger partial charge in [0.1, 0.15) is 54.2 Å². The number of amides is 3. The molecule has 3 amide bonds. The fourth-order valence-electron chi connectivity index (χ4n) is 5.87. The topological polar surface area (TPSA) is 348 Å². The predicted octanol–water partition coefficient (Wildman–Crippen LogP) is -6.78. The summed E-state index contributed by atoms with van der Waals surface area (Å²) < 4.78 is 16.6. The first-order valence-electron chi connectivity index (χ1n) is 14.8. The van der Waals surface area contributed by atoms with Crippen molar-refractivity contribution in [1.82, 2.24) is 10.2 Å². The van der Waals surface area contributed by atoms with Gasteiger partial charge in [0.2, 0.25) is 17.7 Å². The Morgan fingerprint density at radius 3 is 1.98 bits per heavy atom. The molecule has 2 saturated heterocycles. The maximum atomic E-state index is 13.4. The minimum absolute atomic E-state index is 0.552. The number of hydrogen-bond donors (Lipinski definition) is 11. The Kier molecular flexibility index (Phi) is 14.1. The molecule has 2 rings (SSSR count). The SMILES string of the molecule is CC(=O)N[C@@H]1[C@@H](OC(C)CN(C(=O)[C@H](C)N)[C@H](CC(C(=O)O)C2O[C@H](CO)[C@@H](O)[C@H](O)[C@]2(N)C(C)=O)C(N)=O)[C@H](O)[C@@H](CO)O[C@@H]1O. The van der Waals surface area contributed by atoms with Gasteiger partial charge in [-0.2, -0.15) is 0 Å². The van der Waals surface area contributed by atoms with Crippen LogP contribution in [0.4, 0.5) is 0 Å². The van der Waals surface area contributed by atoms with Gasteiger partial charge in [-0.1, -0.05) is 0 Å². The van der Waals surface area contributed by atoms with Gasteiger partial charge < -0.3 is 77.4 Å². The molecule has 0 aliphatic carbocycles. The Labute approximate surface area is 269 Å². The van der Waals surface area contributed by atoms with Crippen LogP contribution in [0.5, 0.6) is 0 Å². The van der Waals surface area contributed by atoms with Crippen LogP contribution in [0.2, 0.25) is 0 Å². The highest BCUT2D eigenvalue weighted by molar-refractivity contribution is 5.91. The van der Waals surface area contributed by atoms with E-state index in [1.807, 2.05) is 0 Å². The molecule has 0 saturated carbocycles. The van der Waals surface area contributed by atoms with Crippen LogP contribution in [-0.4, -0.2) is 169 Å². The molecule has 270 valence electrons. The lowest BCUT2D eigenvalue weighted by Crippen LogP contribution is -2.76. The number of hydrogen-bond acceptors (Lipinski definition) is 16. The number of nitrogens with zero attached hydrogens (tertiary/aromatic N) is 1. The quantitative estimate of drug-likeness (QED) is 0.0765. The Hall–Kier alpha value is -2.89. The van der Waals surface area contributed by atoms with Gasteiger partial charge >= 0.3 is 5.97 Å². The summed E-state index contributed by atoms with van der Waals surface area (Å²) in [4.78, 5) is 64.2. The maximum Gasteiger partial charge on any atom is 0.309 e. The molecular weight excluding hydrogens is 634 g/mol. The van der Waals surface area contributed by atoms with Crippen molar-refractivity contribution in [1.29, 1.82) is 0 Å². The number of nitrogens with one attached hydrogen (secondary N) is 1. The van der Waals surface area contributed by atoms with Crippen molar-refractivity contribution in [3.05, 3.63) is 0 Å². The highest BCUT2D eigenvalue weighted by Gasteiger charge is 2.60. The second-order valence-electron chi connectivity index (χ2n) is 12.0. The third kappa shape index (κ3) is 8.78. The summed E-state index contributed by atoms with van der Waals surface area (Å²) in [5.74, 6) is -7.46. The molecule has 20 nitrogen and oxygen atoms in total. The lowest BCUT2D eigenvalue weighted by Gasteiger charge is -2.50. The summed E-state index contributed by atoms with van der Waals surface area (Å²) in [5.41, 5.74) is 15.1. The first-order chi connectivity index (χ1) is 21.7. The second kappa shape index (κ2) is 16.5. The number of carbonyl (C=O) groups excluding carboxylic acids is 4. The summed E-state index contributed by atoms with van der Waals surface area (Å²) in [6.07, 6.45) is -15.7. The van der Waals surface area contributed by atoms with Crippen LogP contribution in [0.1, 0.15) is 34.1 Å². The van der Waals surface area contributed by atoms with Crippen molar-refractivity contribution in [2.45, 2.75) is 113 Å². The molecule has 3 unspecified atom stereocenters. The van der Waals surface area contributed by atoms with Gasteiger partial charge in [-0.15, -0.1) is 0 Å². The number of ketones is 1. The van der Waals surface area contributed by atoms with Gasteiger partial charge in [-0.3, -0.25) is 24.0 Å². The van der Waals surface area contributed by atoms with Gasteiger partial charge in [0, 0.05) is 13.5 Å². The standard InChI is InChI=1S/C27H47N5O15/c1-9(45-20-17(31-12(4)36)26(44)47-15(7-33)18(20)37)6-32(24(41)10(2)28)14(23(29)40)5-13(25(42)43)22-27(30,11(3)35)21(39)19(38)16(8-34)46-22/h9-10,13-22,26,33-34,37-39,44H,5-8,28,30H2,1-4H3,(H2,29,40)(H,31,36)(H,42,43)/t9?,10-,13?,14+,15+,16+,17+,18+,19+,20+,21-,22?,26-,27+/m0/s1. The highest BCUT2D eigenvalue weighted by atomic mass is 16.6. The Morgan fingerprint density at radius 1 is 0.979 bits per heavy atom. The molecule has 2 aliphatic heterocycles. The first kappa shape index (κ1) is 40.3. The molecule has 0 bridgehead atoms. The molecule has 0 aromatic heterocycles. The predicted molar refractivity (Wildman–Crippen MR) is 155 cm³/mol. The fraction of sp³-hybridized carbons (Fsp3) is 0.815. The van der Waals surface area contributed by atoms with Crippen LogP contribution < -0.4 is 22.5 Å².